The average Bonchev–Trinajstić information content (AvgIpc) is 3.33. The zero-order valence-electron chi connectivity index (χ0n) is 17.0. The molecule has 1 amide bonds. The van der Waals surface area contributed by atoms with Gasteiger partial charge < -0.3 is 10.1 Å². The van der Waals surface area contributed by atoms with Gasteiger partial charge in [-0.3, -0.25) is 9.36 Å². The lowest BCUT2D eigenvalue weighted by molar-refractivity contribution is 0.0951. The molecule has 0 unspecified atom stereocenters. The molecular formula is C22H26N4O3S. The van der Waals surface area contributed by atoms with E-state index in [0.29, 0.717) is 25.3 Å². The van der Waals surface area contributed by atoms with Crippen molar-refractivity contribution in [2.45, 2.75) is 45.2 Å². The Kier molecular flexibility index (Phi) is 6.32. The third-order valence-corrected chi connectivity index (χ3v) is 5.88. The van der Waals surface area contributed by atoms with Gasteiger partial charge in [0.2, 0.25) is 0 Å². The average molecular weight is 427 g/mol. The number of amides is 1. The molecule has 1 aliphatic rings. The van der Waals surface area contributed by atoms with E-state index in [1.807, 2.05) is 17.5 Å². The van der Waals surface area contributed by atoms with Crippen molar-refractivity contribution in [2.75, 3.05) is 13.2 Å². The van der Waals surface area contributed by atoms with Crippen LogP contribution in [0.4, 0.5) is 0 Å². The Morgan fingerprint density at radius 2 is 2.07 bits per heavy atom. The van der Waals surface area contributed by atoms with Gasteiger partial charge in [-0.15, -0.1) is 16.4 Å². The van der Waals surface area contributed by atoms with Gasteiger partial charge in [0.05, 0.1) is 18.0 Å². The van der Waals surface area contributed by atoms with Gasteiger partial charge in [0.15, 0.2) is 5.82 Å². The van der Waals surface area contributed by atoms with E-state index in [1.54, 1.807) is 40.2 Å². The smallest absolute Gasteiger partial charge is 0.346 e. The second kappa shape index (κ2) is 9.30. The van der Waals surface area contributed by atoms with Gasteiger partial charge in [0, 0.05) is 18.2 Å². The highest BCUT2D eigenvalue weighted by Crippen LogP contribution is 2.37. The summed E-state index contributed by atoms with van der Waals surface area (Å²) in [7, 11) is 0. The SMILES string of the molecule is CCCCOc1ccc(C(=O)NCCn2nc(-c3cccs3)n(C3CC3)c2=O)cc1. The van der Waals surface area contributed by atoms with Gasteiger partial charge in [-0.2, -0.15) is 0 Å². The highest BCUT2D eigenvalue weighted by Gasteiger charge is 2.30. The van der Waals surface area contributed by atoms with Crippen molar-refractivity contribution >= 4 is 17.2 Å². The summed E-state index contributed by atoms with van der Waals surface area (Å²) in [6.45, 7) is 3.46. The van der Waals surface area contributed by atoms with Crippen LogP contribution >= 0.6 is 11.3 Å². The molecule has 0 radical (unpaired) electrons. The Bertz CT molecular complexity index is 1030. The van der Waals surface area contributed by atoms with Crippen molar-refractivity contribution in [2.24, 2.45) is 0 Å². The van der Waals surface area contributed by atoms with Crippen molar-refractivity contribution in [1.82, 2.24) is 19.7 Å². The van der Waals surface area contributed by atoms with E-state index in [9.17, 15) is 9.59 Å². The van der Waals surface area contributed by atoms with Crippen LogP contribution < -0.4 is 15.7 Å². The van der Waals surface area contributed by atoms with E-state index < -0.39 is 0 Å². The summed E-state index contributed by atoms with van der Waals surface area (Å²) in [4.78, 5) is 26.2. The molecule has 2 heterocycles. The number of benzene rings is 1. The number of nitrogens with zero attached hydrogens (tertiary/aromatic N) is 3. The normalized spacial score (nSPS) is 13.4. The van der Waals surface area contributed by atoms with E-state index in [1.165, 1.54) is 4.68 Å². The molecule has 3 aromatic rings. The number of hydrogen-bond donors (Lipinski definition) is 1. The fourth-order valence-electron chi connectivity index (χ4n) is 3.22. The Morgan fingerprint density at radius 3 is 2.73 bits per heavy atom. The van der Waals surface area contributed by atoms with Crippen molar-refractivity contribution in [3.8, 4) is 16.5 Å². The lowest BCUT2D eigenvalue weighted by Gasteiger charge is -2.07. The number of thiophene rings is 1. The molecular weight excluding hydrogens is 400 g/mol. The summed E-state index contributed by atoms with van der Waals surface area (Å²) in [5.41, 5.74) is 0.455. The van der Waals surface area contributed by atoms with Crippen LogP contribution in [0.15, 0.2) is 46.6 Å². The number of nitrogens with one attached hydrogen (secondary N) is 1. The third-order valence-electron chi connectivity index (χ3n) is 5.02. The van der Waals surface area contributed by atoms with Crippen LogP contribution in [-0.4, -0.2) is 33.4 Å². The van der Waals surface area contributed by atoms with Crippen LogP contribution in [0.2, 0.25) is 0 Å². The van der Waals surface area contributed by atoms with E-state index in [-0.39, 0.29) is 17.6 Å². The minimum absolute atomic E-state index is 0.108. The summed E-state index contributed by atoms with van der Waals surface area (Å²) in [5.74, 6) is 1.31. The summed E-state index contributed by atoms with van der Waals surface area (Å²) < 4.78 is 8.88. The van der Waals surface area contributed by atoms with Gasteiger partial charge in [-0.05, 0) is 55.0 Å². The van der Waals surface area contributed by atoms with E-state index in [2.05, 4.69) is 17.3 Å². The van der Waals surface area contributed by atoms with E-state index >= 15 is 0 Å². The van der Waals surface area contributed by atoms with Crippen molar-refractivity contribution in [3.63, 3.8) is 0 Å². The molecule has 2 aromatic heterocycles. The van der Waals surface area contributed by atoms with Gasteiger partial charge in [0.25, 0.3) is 5.91 Å². The summed E-state index contributed by atoms with van der Waals surface area (Å²) >= 11 is 1.58. The first-order chi connectivity index (χ1) is 14.7. The first kappa shape index (κ1) is 20.4. The van der Waals surface area contributed by atoms with Gasteiger partial charge >= 0.3 is 5.69 Å². The van der Waals surface area contributed by atoms with Crippen LogP contribution in [-0.2, 0) is 6.54 Å². The van der Waals surface area contributed by atoms with Crippen molar-refractivity contribution < 1.29 is 9.53 Å². The van der Waals surface area contributed by atoms with Gasteiger partial charge in [0.1, 0.15) is 5.75 Å². The first-order valence-corrected chi connectivity index (χ1v) is 11.3. The fraction of sp³-hybridized carbons (Fsp3) is 0.409. The van der Waals surface area contributed by atoms with Gasteiger partial charge in [-0.1, -0.05) is 19.4 Å². The molecule has 1 N–H and O–H groups in total. The Morgan fingerprint density at radius 1 is 1.27 bits per heavy atom. The summed E-state index contributed by atoms with van der Waals surface area (Å²) in [5, 5.41) is 9.39. The molecule has 158 valence electrons. The lowest BCUT2D eigenvalue weighted by Crippen LogP contribution is -2.32. The zero-order chi connectivity index (χ0) is 20.9. The number of carbonyl (C=O) groups excluding carboxylic acids is 1. The van der Waals surface area contributed by atoms with E-state index in [4.69, 9.17) is 4.74 Å². The Hall–Kier alpha value is -2.87. The highest BCUT2D eigenvalue weighted by molar-refractivity contribution is 7.13. The summed E-state index contributed by atoms with van der Waals surface area (Å²) in [6.07, 6.45) is 4.11. The number of hydrogen-bond acceptors (Lipinski definition) is 5. The number of rotatable bonds is 10. The number of ether oxygens (including phenoxy) is 1. The minimum Gasteiger partial charge on any atom is -0.494 e. The van der Waals surface area contributed by atoms with Crippen molar-refractivity contribution in [1.29, 1.82) is 0 Å². The second-order valence-electron chi connectivity index (χ2n) is 7.39. The topological polar surface area (TPSA) is 78.2 Å². The molecule has 30 heavy (non-hydrogen) atoms. The third kappa shape index (κ3) is 4.64. The number of carbonyl (C=O) groups is 1. The van der Waals surface area contributed by atoms with E-state index in [0.717, 1.165) is 42.1 Å². The standard InChI is InChI=1S/C22H26N4O3S/c1-2-3-14-29-18-10-6-16(7-11-18)21(27)23-12-13-25-22(28)26(17-8-9-17)20(24-25)19-5-4-15-30-19/h4-7,10-11,15,17H,2-3,8-9,12-14H2,1H3,(H,23,27). The molecule has 1 saturated carbocycles. The quantitative estimate of drug-likeness (QED) is 0.501. The first-order valence-electron chi connectivity index (χ1n) is 10.4. The van der Waals surface area contributed by atoms with Crippen LogP contribution in [0.25, 0.3) is 10.7 Å². The van der Waals surface area contributed by atoms with Crippen LogP contribution in [0.5, 0.6) is 5.75 Å². The minimum atomic E-state index is -0.178. The lowest BCUT2D eigenvalue weighted by atomic mass is 10.2. The fourth-order valence-corrected chi connectivity index (χ4v) is 3.92. The number of aromatic nitrogens is 3. The molecule has 0 spiro atoms. The summed E-state index contributed by atoms with van der Waals surface area (Å²) in [6, 6.07) is 11.3. The van der Waals surface area contributed by atoms with Gasteiger partial charge in [-0.25, -0.2) is 9.48 Å². The molecule has 1 aromatic carbocycles. The molecule has 8 heteroatoms. The molecule has 0 aliphatic heterocycles. The highest BCUT2D eigenvalue weighted by atomic mass is 32.1. The molecule has 0 atom stereocenters. The molecule has 0 saturated heterocycles. The molecule has 1 fully saturated rings. The Labute approximate surface area is 179 Å². The maximum absolute atomic E-state index is 12.8. The molecule has 1 aliphatic carbocycles. The largest absolute Gasteiger partial charge is 0.494 e. The number of unbranched alkanes of at least 4 members (excludes halogenated alkanes) is 1. The second-order valence-corrected chi connectivity index (χ2v) is 8.34. The monoisotopic (exact) mass is 426 g/mol. The maximum atomic E-state index is 12.8. The Balaban J connectivity index is 1.36. The zero-order valence-corrected chi connectivity index (χ0v) is 17.9. The van der Waals surface area contributed by atoms with Crippen LogP contribution in [0.3, 0.4) is 0 Å². The molecule has 4 rings (SSSR count). The van der Waals surface area contributed by atoms with Crippen LogP contribution in [0, 0.1) is 0 Å². The van der Waals surface area contributed by atoms with Crippen molar-refractivity contribution in [3.05, 3.63) is 57.8 Å². The molecule has 7 nitrogen and oxygen atoms in total. The van der Waals surface area contributed by atoms with Crippen LogP contribution in [0.1, 0.15) is 49.0 Å². The molecule has 0 bridgehead atoms. The predicted octanol–water partition coefficient (Wildman–Crippen LogP) is 3.72. The predicted molar refractivity (Wildman–Crippen MR) is 117 cm³/mol. The maximum Gasteiger partial charge on any atom is 0.346 e.